The quantitative estimate of drug-likeness (QED) is 0.856. The molecule has 1 amide bonds. The highest BCUT2D eigenvalue weighted by atomic mass is 16.5. The molecule has 0 radical (unpaired) electrons. The first-order chi connectivity index (χ1) is 9.43. The van der Waals surface area contributed by atoms with Crippen LogP contribution in [0, 0.1) is 0 Å². The topological polar surface area (TPSA) is 65.3 Å². The van der Waals surface area contributed by atoms with Crippen molar-refractivity contribution in [3.63, 3.8) is 0 Å². The van der Waals surface area contributed by atoms with Gasteiger partial charge in [0.2, 0.25) is 5.91 Å². The average molecular weight is 277 g/mol. The fourth-order valence-electron chi connectivity index (χ4n) is 2.23. The Morgan fingerprint density at radius 3 is 2.65 bits per heavy atom. The van der Waals surface area contributed by atoms with Crippen LogP contribution in [-0.4, -0.2) is 34.2 Å². The number of carbonyl (C=O) groups excluding carboxylic acids is 2. The van der Waals surface area contributed by atoms with Gasteiger partial charge in [-0.1, -0.05) is 0 Å². The van der Waals surface area contributed by atoms with E-state index in [2.05, 4.69) is 5.32 Å². The predicted octanol–water partition coefficient (Wildman–Crippen LogP) is 1.29. The SMILES string of the molecule is COC(=O)c1cc2c(ccn2C)n1CC(=O)NC(C)C. The fourth-order valence-corrected chi connectivity index (χ4v) is 2.23. The summed E-state index contributed by atoms with van der Waals surface area (Å²) in [5.41, 5.74) is 2.11. The molecular weight excluding hydrogens is 258 g/mol. The number of aryl methyl sites for hydroxylation is 1. The number of rotatable bonds is 4. The Bertz CT molecular complexity index is 652. The molecule has 1 N–H and O–H groups in total. The molecule has 0 aromatic carbocycles. The van der Waals surface area contributed by atoms with Crippen molar-refractivity contribution in [2.75, 3.05) is 7.11 Å². The van der Waals surface area contributed by atoms with Crippen LogP contribution in [0.5, 0.6) is 0 Å². The summed E-state index contributed by atoms with van der Waals surface area (Å²) in [6.45, 7) is 3.88. The maximum absolute atomic E-state index is 11.9. The van der Waals surface area contributed by atoms with Crippen molar-refractivity contribution >= 4 is 22.9 Å². The predicted molar refractivity (Wildman–Crippen MR) is 75.5 cm³/mol. The van der Waals surface area contributed by atoms with Crippen LogP contribution in [0.1, 0.15) is 24.3 Å². The van der Waals surface area contributed by atoms with E-state index in [4.69, 9.17) is 4.74 Å². The first-order valence-corrected chi connectivity index (χ1v) is 6.46. The van der Waals surface area contributed by atoms with Crippen LogP contribution in [-0.2, 0) is 23.1 Å². The van der Waals surface area contributed by atoms with Crippen molar-refractivity contribution in [3.05, 3.63) is 24.0 Å². The van der Waals surface area contributed by atoms with Gasteiger partial charge in [0.25, 0.3) is 0 Å². The Kier molecular flexibility index (Phi) is 3.83. The van der Waals surface area contributed by atoms with Crippen LogP contribution in [0.2, 0.25) is 0 Å². The highest BCUT2D eigenvalue weighted by Gasteiger charge is 2.19. The summed E-state index contributed by atoms with van der Waals surface area (Å²) in [6, 6.07) is 3.68. The van der Waals surface area contributed by atoms with Gasteiger partial charge in [-0.15, -0.1) is 0 Å². The van der Waals surface area contributed by atoms with Crippen LogP contribution in [0.4, 0.5) is 0 Å². The van der Waals surface area contributed by atoms with E-state index in [9.17, 15) is 9.59 Å². The number of nitrogens with one attached hydrogen (secondary N) is 1. The number of esters is 1. The Labute approximate surface area is 117 Å². The molecule has 0 saturated carbocycles. The molecule has 108 valence electrons. The summed E-state index contributed by atoms with van der Waals surface area (Å²) in [4.78, 5) is 23.8. The van der Waals surface area contributed by atoms with Crippen LogP contribution in [0.3, 0.4) is 0 Å². The Balaban J connectivity index is 2.43. The van der Waals surface area contributed by atoms with Gasteiger partial charge < -0.3 is 19.2 Å². The molecule has 0 aliphatic rings. The van der Waals surface area contributed by atoms with E-state index in [-0.39, 0.29) is 18.5 Å². The third-order valence-corrected chi connectivity index (χ3v) is 3.10. The minimum atomic E-state index is -0.446. The van der Waals surface area contributed by atoms with Gasteiger partial charge in [0.1, 0.15) is 12.2 Å². The van der Waals surface area contributed by atoms with Crippen LogP contribution < -0.4 is 5.32 Å². The molecule has 0 fully saturated rings. The van der Waals surface area contributed by atoms with Crippen molar-refractivity contribution in [1.82, 2.24) is 14.5 Å². The molecule has 6 heteroatoms. The standard InChI is InChI=1S/C14H19N3O3/c1-9(2)15-13(18)8-17-10-5-6-16(3)11(10)7-12(17)14(19)20-4/h5-7,9H,8H2,1-4H3,(H,15,18). The monoisotopic (exact) mass is 277 g/mol. The normalized spacial score (nSPS) is 11.1. The van der Waals surface area contributed by atoms with Crippen LogP contribution in [0.15, 0.2) is 18.3 Å². The van der Waals surface area contributed by atoms with Crippen LogP contribution >= 0.6 is 0 Å². The lowest BCUT2D eigenvalue weighted by atomic mass is 10.3. The van der Waals surface area contributed by atoms with Gasteiger partial charge in [-0.3, -0.25) is 4.79 Å². The van der Waals surface area contributed by atoms with E-state index in [1.54, 1.807) is 10.6 Å². The average Bonchev–Trinajstić information content (AvgIpc) is 2.89. The maximum atomic E-state index is 11.9. The van der Waals surface area contributed by atoms with Gasteiger partial charge in [0, 0.05) is 19.3 Å². The molecule has 2 aromatic rings. The molecule has 0 aliphatic heterocycles. The van der Waals surface area contributed by atoms with Gasteiger partial charge >= 0.3 is 5.97 Å². The largest absolute Gasteiger partial charge is 0.464 e. The molecule has 0 unspecified atom stereocenters. The minimum absolute atomic E-state index is 0.0610. The number of aromatic nitrogens is 2. The molecule has 0 aliphatic carbocycles. The van der Waals surface area contributed by atoms with E-state index >= 15 is 0 Å². The zero-order valence-electron chi connectivity index (χ0n) is 12.1. The summed E-state index contributed by atoms with van der Waals surface area (Å²) in [5, 5.41) is 2.82. The first-order valence-electron chi connectivity index (χ1n) is 6.46. The zero-order valence-corrected chi connectivity index (χ0v) is 12.1. The second kappa shape index (κ2) is 5.40. The lowest BCUT2D eigenvalue weighted by Crippen LogP contribution is -2.33. The van der Waals surface area contributed by atoms with Crippen LogP contribution in [0.25, 0.3) is 11.0 Å². The van der Waals surface area contributed by atoms with Gasteiger partial charge in [-0.05, 0) is 26.0 Å². The summed E-state index contributed by atoms with van der Waals surface area (Å²) in [6.07, 6.45) is 1.89. The number of hydrogen-bond donors (Lipinski definition) is 1. The molecule has 0 bridgehead atoms. The lowest BCUT2D eigenvalue weighted by Gasteiger charge is -2.11. The third-order valence-electron chi connectivity index (χ3n) is 3.10. The van der Waals surface area contributed by atoms with E-state index in [0.717, 1.165) is 11.0 Å². The molecule has 6 nitrogen and oxygen atoms in total. The Morgan fingerprint density at radius 1 is 1.35 bits per heavy atom. The summed E-state index contributed by atoms with van der Waals surface area (Å²) < 4.78 is 8.36. The molecule has 0 saturated heterocycles. The zero-order chi connectivity index (χ0) is 14.9. The first kappa shape index (κ1) is 14.2. The molecule has 0 spiro atoms. The number of methoxy groups -OCH3 is 1. The van der Waals surface area contributed by atoms with Crippen molar-refractivity contribution in [3.8, 4) is 0 Å². The van der Waals surface area contributed by atoms with Gasteiger partial charge in [-0.25, -0.2) is 4.79 Å². The second-order valence-corrected chi connectivity index (χ2v) is 5.03. The number of fused-ring (bicyclic) bond motifs is 1. The van der Waals surface area contributed by atoms with Gasteiger partial charge in [0.15, 0.2) is 0 Å². The number of hydrogen-bond acceptors (Lipinski definition) is 3. The Hall–Kier alpha value is -2.24. The summed E-state index contributed by atoms with van der Waals surface area (Å²) in [7, 11) is 3.22. The van der Waals surface area contributed by atoms with Crippen molar-refractivity contribution < 1.29 is 14.3 Å². The van der Waals surface area contributed by atoms with Gasteiger partial charge in [0.05, 0.1) is 18.1 Å². The summed E-state index contributed by atoms with van der Waals surface area (Å²) in [5.74, 6) is -0.579. The van der Waals surface area contributed by atoms with Gasteiger partial charge in [-0.2, -0.15) is 0 Å². The summed E-state index contributed by atoms with van der Waals surface area (Å²) >= 11 is 0. The number of amides is 1. The molecular formula is C14H19N3O3. The molecule has 2 rings (SSSR count). The second-order valence-electron chi connectivity index (χ2n) is 5.03. The Morgan fingerprint density at radius 2 is 2.05 bits per heavy atom. The number of ether oxygens (including phenoxy) is 1. The highest BCUT2D eigenvalue weighted by molar-refractivity contribution is 5.95. The van der Waals surface area contributed by atoms with Crippen molar-refractivity contribution in [1.29, 1.82) is 0 Å². The fraction of sp³-hybridized carbons (Fsp3) is 0.429. The van der Waals surface area contributed by atoms with Crippen molar-refractivity contribution in [2.24, 2.45) is 7.05 Å². The smallest absolute Gasteiger partial charge is 0.354 e. The third kappa shape index (κ3) is 2.54. The molecule has 2 aromatic heterocycles. The van der Waals surface area contributed by atoms with E-state index in [1.165, 1.54) is 7.11 Å². The number of nitrogens with zero attached hydrogens (tertiary/aromatic N) is 2. The number of carbonyl (C=O) groups is 2. The maximum Gasteiger partial charge on any atom is 0.354 e. The molecule has 0 atom stereocenters. The lowest BCUT2D eigenvalue weighted by molar-refractivity contribution is -0.122. The molecule has 2 heterocycles. The van der Waals surface area contributed by atoms with E-state index < -0.39 is 5.97 Å². The van der Waals surface area contributed by atoms with E-state index in [0.29, 0.717) is 5.69 Å². The minimum Gasteiger partial charge on any atom is -0.464 e. The van der Waals surface area contributed by atoms with E-state index in [1.807, 2.05) is 37.7 Å². The molecule has 20 heavy (non-hydrogen) atoms. The highest BCUT2D eigenvalue weighted by Crippen LogP contribution is 2.21. The van der Waals surface area contributed by atoms with Crippen molar-refractivity contribution in [2.45, 2.75) is 26.4 Å².